The van der Waals surface area contributed by atoms with Crippen LogP contribution in [0, 0.1) is 11.8 Å². The number of rotatable bonds is 3. The van der Waals surface area contributed by atoms with E-state index in [0.29, 0.717) is 15.7 Å². The van der Waals surface area contributed by atoms with Crippen molar-refractivity contribution in [3.05, 3.63) is 0 Å². The highest BCUT2D eigenvalue weighted by molar-refractivity contribution is 8.07. The lowest BCUT2D eigenvalue weighted by molar-refractivity contribution is 0.168. The molecule has 1 fully saturated rings. The van der Waals surface area contributed by atoms with Crippen LogP contribution in [0.1, 0.15) is 33.6 Å². The molecule has 1 nitrogen and oxygen atoms in total. The zero-order valence-corrected chi connectivity index (χ0v) is 11.3. The highest BCUT2D eigenvalue weighted by Crippen LogP contribution is 2.37. The van der Waals surface area contributed by atoms with Gasteiger partial charge in [0.1, 0.15) is 0 Å². The van der Waals surface area contributed by atoms with Gasteiger partial charge in [0.2, 0.25) is 0 Å². The van der Waals surface area contributed by atoms with E-state index >= 15 is 0 Å². The molecule has 86 valence electrons. The van der Waals surface area contributed by atoms with Crippen LogP contribution in [-0.2, 0) is 0 Å². The van der Waals surface area contributed by atoms with Crippen molar-refractivity contribution in [2.75, 3.05) is 5.75 Å². The summed E-state index contributed by atoms with van der Waals surface area (Å²) in [5.74, 6) is 6.96. The molecule has 0 amide bonds. The molecule has 0 aromatic heterocycles. The van der Waals surface area contributed by atoms with E-state index in [-0.39, 0.29) is 6.10 Å². The van der Waals surface area contributed by atoms with Crippen LogP contribution >= 0.6 is 23.5 Å². The Kier molecular flexibility index (Phi) is 5.96. The molecule has 1 saturated heterocycles. The van der Waals surface area contributed by atoms with Crippen LogP contribution in [0.15, 0.2) is 0 Å². The van der Waals surface area contributed by atoms with Crippen molar-refractivity contribution < 1.29 is 5.11 Å². The average Bonchev–Trinajstić information content (AvgIpc) is 2.22. The molecule has 0 aromatic rings. The van der Waals surface area contributed by atoms with Crippen molar-refractivity contribution in [3.8, 4) is 11.8 Å². The molecule has 3 heteroatoms. The fourth-order valence-corrected chi connectivity index (χ4v) is 4.60. The first-order chi connectivity index (χ1) is 7.15. The Hall–Kier alpha value is 0.220. The summed E-state index contributed by atoms with van der Waals surface area (Å²) in [6.07, 6.45) is 1.46. The lowest BCUT2D eigenvalue weighted by Crippen LogP contribution is -2.34. The normalized spacial score (nSPS) is 32.9. The molecule has 0 radical (unpaired) electrons. The van der Waals surface area contributed by atoms with Gasteiger partial charge in [-0.25, -0.2) is 0 Å². The Morgan fingerprint density at radius 2 is 2.13 bits per heavy atom. The molecule has 1 aliphatic rings. The number of hydrogen-bond donors (Lipinski definition) is 1. The van der Waals surface area contributed by atoms with E-state index in [0.717, 1.165) is 18.6 Å². The second-order valence-corrected chi connectivity index (χ2v) is 6.98. The molecule has 0 aliphatic carbocycles. The van der Waals surface area contributed by atoms with E-state index in [1.807, 2.05) is 30.4 Å². The molecule has 0 aromatic carbocycles. The van der Waals surface area contributed by atoms with Gasteiger partial charge < -0.3 is 5.11 Å². The quantitative estimate of drug-likeness (QED) is 0.771. The van der Waals surface area contributed by atoms with Crippen molar-refractivity contribution in [2.45, 2.75) is 55.5 Å². The minimum absolute atomic E-state index is 0.182. The molecule has 15 heavy (non-hydrogen) atoms. The third kappa shape index (κ3) is 4.30. The molecule has 1 rings (SSSR count). The third-order valence-electron chi connectivity index (χ3n) is 2.74. The largest absolute Gasteiger partial charge is 0.392 e. The number of hydrogen-bond acceptors (Lipinski definition) is 3. The minimum Gasteiger partial charge on any atom is -0.392 e. The summed E-state index contributed by atoms with van der Waals surface area (Å²) in [6, 6.07) is 0. The predicted octanol–water partition coefficient (Wildman–Crippen LogP) is 2.78. The zero-order valence-electron chi connectivity index (χ0n) is 9.69. The Morgan fingerprint density at radius 3 is 2.73 bits per heavy atom. The maximum absolute atomic E-state index is 10.0. The Labute approximate surface area is 102 Å². The molecule has 0 bridgehead atoms. The summed E-state index contributed by atoms with van der Waals surface area (Å²) in [7, 11) is 0. The summed E-state index contributed by atoms with van der Waals surface area (Å²) < 4.78 is 0. The zero-order chi connectivity index (χ0) is 11.3. The van der Waals surface area contributed by atoms with Crippen LogP contribution in [0.25, 0.3) is 0 Å². The monoisotopic (exact) mass is 244 g/mol. The summed E-state index contributed by atoms with van der Waals surface area (Å²) in [5, 5.41) is 11.8. The van der Waals surface area contributed by atoms with Gasteiger partial charge in [-0.05, 0) is 13.3 Å². The fourth-order valence-electron chi connectivity index (χ4n) is 1.54. The number of aliphatic hydroxyl groups is 1. The highest BCUT2D eigenvalue weighted by Gasteiger charge is 2.29. The second kappa shape index (κ2) is 6.73. The first kappa shape index (κ1) is 13.3. The summed E-state index contributed by atoms with van der Waals surface area (Å²) in [4.78, 5) is 0. The van der Waals surface area contributed by atoms with Crippen molar-refractivity contribution >= 4 is 23.5 Å². The van der Waals surface area contributed by atoms with Gasteiger partial charge >= 0.3 is 0 Å². The maximum atomic E-state index is 10.0. The van der Waals surface area contributed by atoms with E-state index in [9.17, 15) is 5.11 Å². The smallest absolute Gasteiger partial charge is 0.0676 e. The molecule has 1 heterocycles. The molecule has 1 N–H and O–H groups in total. The molecule has 4 unspecified atom stereocenters. The average molecular weight is 244 g/mol. The lowest BCUT2D eigenvalue weighted by atomic mass is 10.1. The molecular formula is C12H20OS2. The molecule has 0 spiro atoms. The maximum Gasteiger partial charge on any atom is 0.0676 e. The first-order valence-electron chi connectivity index (χ1n) is 5.50. The fraction of sp³-hybridized carbons (Fsp3) is 0.833. The highest BCUT2D eigenvalue weighted by atomic mass is 32.2. The molecule has 1 aliphatic heterocycles. The third-order valence-corrected chi connectivity index (χ3v) is 6.28. The van der Waals surface area contributed by atoms with Crippen LogP contribution in [0.2, 0.25) is 0 Å². The van der Waals surface area contributed by atoms with E-state index in [4.69, 9.17) is 0 Å². The van der Waals surface area contributed by atoms with Gasteiger partial charge in [-0.15, -0.1) is 11.8 Å². The van der Waals surface area contributed by atoms with Crippen molar-refractivity contribution in [1.82, 2.24) is 0 Å². The lowest BCUT2D eigenvalue weighted by Gasteiger charge is -2.33. The van der Waals surface area contributed by atoms with Crippen molar-refractivity contribution in [2.24, 2.45) is 0 Å². The van der Waals surface area contributed by atoms with Crippen LogP contribution in [0.4, 0.5) is 0 Å². The minimum atomic E-state index is -0.182. The molecular weight excluding hydrogens is 224 g/mol. The van der Waals surface area contributed by atoms with Crippen molar-refractivity contribution in [1.29, 1.82) is 0 Å². The standard InChI is InChI=1S/C12H20OS2/c1-4-5-6-7-11(13)12-8-14-9(2)10(3)15-12/h9-13H,6-8H2,1-3H3. The SMILES string of the molecule is CC#CCCC(O)C1CSC(C)C(C)S1. The van der Waals surface area contributed by atoms with Crippen LogP contribution in [0.3, 0.4) is 0 Å². The Balaban J connectivity index is 2.32. The number of thioether (sulfide) groups is 2. The van der Waals surface area contributed by atoms with Gasteiger partial charge in [0, 0.05) is 27.9 Å². The Morgan fingerprint density at radius 1 is 1.40 bits per heavy atom. The van der Waals surface area contributed by atoms with Gasteiger partial charge in [0.25, 0.3) is 0 Å². The second-order valence-electron chi connectivity index (χ2n) is 3.95. The van der Waals surface area contributed by atoms with E-state index in [1.165, 1.54) is 0 Å². The predicted molar refractivity (Wildman–Crippen MR) is 71.5 cm³/mol. The number of aliphatic hydroxyl groups excluding tert-OH is 1. The van der Waals surface area contributed by atoms with Gasteiger partial charge in [0.15, 0.2) is 0 Å². The molecule has 4 atom stereocenters. The summed E-state index contributed by atoms with van der Waals surface area (Å²) in [6.45, 7) is 6.38. The summed E-state index contributed by atoms with van der Waals surface area (Å²) in [5.41, 5.74) is 0. The van der Waals surface area contributed by atoms with Gasteiger partial charge in [0.05, 0.1) is 6.10 Å². The van der Waals surface area contributed by atoms with Crippen LogP contribution < -0.4 is 0 Å². The van der Waals surface area contributed by atoms with Gasteiger partial charge in [-0.2, -0.15) is 23.5 Å². The van der Waals surface area contributed by atoms with E-state index in [2.05, 4.69) is 25.7 Å². The van der Waals surface area contributed by atoms with E-state index in [1.54, 1.807) is 0 Å². The van der Waals surface area contributed by atoms with Crippen LogP contribution in [0.5, 0.6) is 0 Å². The molecule has 0 saturated carbocycles. The summed E-state index contributed by atoms with van der Waals surface area (Å²) >= 11 is 3.93. The first-order valence-corrected chi connectivity index (χ1v) is 7.49. The topological polar surface area (TPSA) is 20.2 Å². The Bertz CT molecular complexity index is 244. The van der Waals surface area contributed by atoms with E-state index < -0.39 is 0 Å². The van der Waals surface area contributed by atoms with Crippen LogP contribution in [-0.4, -0.2) is 32.7 Å². The van der Waals surface area contributed by atoms with Gasteiger partial charge in [-0.3, -0.25) is 0 Å². The van der Waals surface area contributed by atoms with Gasteiger partial charge in [-0.1, -0.05) is 13.8 Å². The van der Waals surface area contributed by atoms with Crippen molar-refractivity contribution in [3.63, 3.8) is 0 Å².